The molecule has 2 aromatic rings. The van der Waals surface area contributed by atoms with E-state index in [4.69, 9.17) is 0 Å². The molecule has 3 heterocycles. The molecule has 1 aromatic heterocycles. The highest BCUT2D eigenvalue weighted by Crippen LogP contribution is 2.19. The summed E-state index contributed by atoms with van der Waals surface area (Å²) in [5.74, 6) is 0.778. The zero-order valence-electron chi connectivity index (χ0n) is 14.3. The van der Waals surface area contributed by atoms with E-state index in [2.05, 4.69) is 38.4 Å². The number of benzene rings is 1. The molecule has 2 aliphatic heterocycles. The number of nitrogens with one attached hydrogen (secondary N) is 1. The molecule has 25 heavy (non-hydrogen) atoms. The van der Waals surface area contributed by atoms with Gasteiger partial charge in [-0.2, -0.15) is 0 Å². The minimum absolute atomic E-state index is 0.0592. The third kappa shape index (κ3) is 3.57. The van der Waals surface area contributed by atoms with Gasteiger partial charge >= 0.3 is 6.03 Å². The maximum absolute atomic E-state index is 12.6. The lowest BCUT2D eigenvalue weighted by Gasteiger charge is -2.35. The summed E-state index contributed by atoms with van der Waals surface area (Å²) in [6.45, 7) is 3.24. The highest BCUT2D eigenvalue weighted by atomic mass is 16.2. The summed E-state index contributed by atoms with van der Waals surface area (Å²) in [5.41, 5.74) is 2.63. The molecule has 1 saturated heterocycles. The quantitative estimate of drug-likeness (QED) is 0.913. The molecular formula is C19H23N5O. The van der Waals surface area contributed by atoms with Crippen LogP contribution in [0.4, 0.5) is 10.7 Å². The Morgan fingerprint density at radius 2 is 1.72 bits per heavy atom. The maximum Gasteiger partial charge on any atom is 0.317 e. The molecule has 0 bridgehead atoms. The lowest BCUT2D eigenvalue weighted by Crippen LogP contribution is -2.50. The van der Waals surface area contributed by atoms with E-state index < -0.39 is 0 Å². The van der Waals surface area contributed by atoms with E-state index in [-0.39, 0.29) is 12.1 Å². The number of fused-ring (bicyclic) bond motifs is 1. The standard InChI is InChI=1S/C19H23N5O/c25-19(24-11-6-15-4-1-2-5-16(15)14-24)22-17-7-12-23(13-8-17)18-20-9-3-10-21-18/h1-5,9-10,17H,6-8,11-14H2,(H,22,25). The van der Waals surface area contributed by atoms with Crippen molar-refractivity contribution in [2.75, 3.05) is 24.5 Å². The summed E-state index contributed by atoms with van der Waals surface area (Å²) < 4.78 is 0. The number of piperidine rings is 1. The van der Waals surface area contributed by atoms with Crippen LogP contribution in [0, 0.1) is 0 Å². The second-order valence-electron chi connectivity index (χ2n) is 6.70. The first-order valence-electron chi connectivity index (χ1n) is 8.94. The molecule has 2 amide bonds. The summed E-state index contributed by atoms with van der Waals surface area (Å²) in [4.78, 5) is 25.3. The van der Waals surface area contributed by atoms with Gasteiger partial charge < -0.3 is 15.1 Å². The van der Waals surface area contributed by atoms with Crippen molar-refractivity contribution in [1.82, 2.24) is 20.2 Å². The van der Waals surface area contributed by atoms with Crippen LogP contribution in [-0.4, -0.2) is 46.6 Å². The molecule has 1 fully saturated rings. The Labute approximate surface area is 147 Å². The first-order chi connectivity index (χ1) is 12.3. The van der Waals surface area contributed by atoms with Crippen molar-refractivity contribution >= 4 is 12.0 Å². The molecule has 0 unspecified atom stereocenters. The van der Waals surface area contributed by atoms with Gasteiger partial charge in [-0.15, -0.1) is 0 Å². The summed E-state index contributed by atoms with van der Waals surface area (Å²) in [6.07, 6.45) is 6.32. The smallest absolute Gasteiger partial charge is 0.317 e. The van der Waals surface area contributed by atoms with E-state index >= 15 is 0 Å². The Kier molecular flexibility index (Phi) is 4.50. The van der Waals surface area contributed by atoms with Crippen LogP contribution in [0.3, 0.4) is 0 Å². The van der Waals surface area contributed by atoms with Gasteiger partial charge in [0.25, 0.3) is 0 Å². The lowest BCUT2D eigenvalue weighted by molar-refractivity contribution is 0.186. The molecule has 1 aromatic carbocycles. The molecule has 0 saturated carbocycles. The fourth-order valence-electron chi connectivity index (χ4n) is 3.61. The number of carbonyl (C=O) groups excluding carboxylic acids is 1. The largest absolute Gasteiger partial charge is 0.341 e. The van der Waals surface area contributed by atoms with Crippen molar-refractivity contribution in [3.8, 4) is 0 Å². The van der Waals surface area contributed by atoms with Gasteiger partial charge in [0.05, 0.1) is 0 Å². The monoisotopic (exact) mass is 337 g/mol. The number of nitrogens with zero attached hydrogens (tertiary/aromatic N) is 4. The Bertz CT molecular complexity index is 728. The summed E-state index contributed by atoms with van der Waals surface area (Å²) in [6, 6.07) is 10.5. The molecule has 130 valence electrons. The van der Waals surface area contributed by atoms with Crippen LogP contribution in [-0.2, 0) is 13.0 Å². The Hall–Kier alpha value is -2.63. The second-order valence-corrected chi connectivity index (χ2v) is 6.70. The van der Waals surface area contributed by atoms with Crippen LogP contribution < -0.4 is 10.2 Å². The minimum Gasteiger partial charge on any atom is -0.341 e. The van der Waals surface area contributed by atoms with Crippen molar-refractivity contribution in [2.24, 2.45) is 0 Å². The van der Waals surface area contributed by atoms with Gasteiger partial charge in [-0.3, -0.25) is 0 Å². The zero-order valence-corrected chi connectivity index (χ0v) is 14.3. The van der Waals surface area contributed by atoms with E-state index in [1.807, 2.05) is 17.0 Å². The number of amides is 2. The number of carbonyl (C=O) groups is 1. The van der Waals surface area contributed by atoms with Gasteiger partial charge in [-0.05, 0) is 36.5 Å². The number of urea groups is 1. The normalized spacial score (nSPS) is 17.9. The number of hydrogen-bond donors (Lipinski definition) is 1. The summed E-state index contributed by atoms with van der Waals surface area (Å²) in [7, 11) is 0. The third-order valence-electron chi connectivity index (χ3n) is 5.08. The first-order valence-corrected chi connectivity index (χ1v) is 8.94. The predicted molar refractivity (Wildman–Crippen MR) is 96.4 cm³/mol. The van der Waals surface area contributed by atoms with Crippen LogP contribution in [0.15, 0.2) is 42.7 Å². The highest BCUT2D eigenvalue weighted by molar-refractivity contribution is 5.75. The van der Waals surface area contributed by atoms with E-state index in [0.29, 0.717) is 6.54 Å². The van der Waals surface area contributed by atoms with E-state index in [9.17, 15) is 4.79 Å². The fraction of sp³-hybridized carbons (Fsp3) is 0.421. The maximum atomic E-state index is 12.6. The van der Waals surface area contributed by atoms with Crippen LogP contribution in [0.2, 0.25) is 0 Å². The van der Waals surface area contributed by atoms with E-state index in [1.165, 1.54) is 11.1 Å². The number of hydrogen-bond acceptors (Lipinski definition) is 4. The highest BCUT2D eigenvalue weighted by Gasteiger charge is 2.25. The molecule has 1 N–H and O–H groups in total. The van der Waals surface area contributed by atoms with Crippen LogP contribution in [0.1, 0.15) is 24.0 Å². The average Bonchev–Trinajstić information content (AvgIpc) is 2.69. The molecule has 6 nitrogen and oxygen atoms in total. The van der Waals surface area contributed by atoms with Gasteiger partial charge in [0, 0.05) is 44.6 Å². The summed E-state index contributed by atoms with van der Waals surface area (Å²) in [5, 5.41) is 3.21. The molecule has 0 radical (unpaired) electrons. The Morgan fingerprint density at radius 1 is 1.00 bits per heavy atom. The SMILES string of the molecule is O=C(NC1CCN(c2ncccn2)CC1)N1CCc2ccccc2C1. The molecule has 6 heteroatoms. The van der Waals surface area contributed by atoms with Gasteiger partial charge in [0.2, 0.25) is 5.95 Å². The molecule has 2 aliphatic rings. The molecule has 0 aliphatic carbocycles. The topological polar surface area (TPSA) is 61.4 Å². The number of rotatable bonds is 2. The van der Waals surface area contributed by atoms with Crippen molar-refractivity contribution in [2.45, 2.75) is 31.8 Å². The van der Waals surface area contributed by atoms with Crippen molar-refractivity contribution in [1.29, 1.82) is 0 Å². The molecule has 4 rings (SSSR count). The molecule has 0 spiro atoms. The summed E-state index contributed by atoms with van der Waals surface area (Å²) >= 11 is 0. The Morgan fingerprint density at radius 3 is 2.48 bits per heavy atom. The van der Waals surface area contributed by atoms with Crippen molar-refractivity contribution in [3.63, 3.8) is 0 Å². The van der Waals surface area contributed by atoms with Gasteiger partial charge in [-0.25, -0.2) is 14.8 Å². The van der Waals surface area contributed by atoms with Crippen LogP contribution in [0.5, 0.6) is 0 Å². The van der Waals surface area contributed by atoms with Crippen molar-refractivity contribution in [3.05, 3.63) is 53.9 Å². The molecule has 0 atom stereocenters. The van der Waals surface area contributed by atoms with Crippen LogP contribution in [0.25, 0.3) is 0 Å². The fourth-order valence-corrected chi connectivity index (χ4v) is 3.61. The minimum atomic E-state index is 0.0592. The van der Waals surface area contributed by atoms with E-state index in [0.717, 1.165) is 44.8 Å². The number of aromatic nitrogens is 2. The second kappa shape index (κ2) is 7.09. The zero-order chi connectivity index (χ0) is 17.1. The van der Waals surface area contributed by atoms with Gasteiger partial charge in [0.1, 0.15) is 0 Å². The average molecular weight is 337 g/mol. The lowest BCUT2D eigenvalue weighted by atomic mass is 10.00. The van der Waals surface area contributed by atoms with Gasteiger partial charge in [0.15, 0.2) is 0 Å². The predicted octanol–water partition coefficient (Wildman–Crippen LogP) is 2.21. The third-order valence-corrected chi connectivity index (χ3v) is 5.08. The molecular weight excluding hydrogens is 314 g/mol. The van der Waals surface area contributed by atoms with Gasteiger partial charge in [-0.1, -0.05) is 24.3 Å². The van der Waals surface area contributed by atoms with E-state index in [1.54, 1.807) is 12.4 Å². The first kappa shape index (κ1) is 15.9. The van der Waals surface area contributed by atoms with Crippen LogP contribution >= 0.6 is 0 Å². The Balaban J connectivity index is 1.30. The van der Waals surface area contributed by atoms with Crippen molar-refractivity contribution < 1.29 is 4.79 Å². The number of anilines is 1.